The van der Waals surface area contributed by atoms with Crippen LogP contribution in [-0.4, -0.2) is 23.0 Å². The Balaban J connectivity index is 0.00000240. The van der Waals surface area contributed by atoms with Crippen molar-refractivity contribution >= 4 is 29.9 Å². The zero-order valence-corrected chi connectivity index (χ0v) is 17.1. The number of nitrogens with one attached hydrogen (secondary N) is 2. The van der Waals surface area contributed by atoms with Crippen LogP contribution in [0.5, 0.6) is 0 Å². The number of carbonyl (C=O) groups excluding carboxylic acids is 1. The molecular weight excluding hydrogens is 426 g/mol. The molecule has 0 radical (unpaired) electrons. The lowest BCUT2D eigenvalue weighted by Gasteiger charge is -2.44. The summed E-state index contributed by atoms with van der Waals surface area (Å²) in [6.07, 6.45) is -1.88. The topological polar surface area (TPSA) is 54.0 Å². The molecule has 2 bridgehead atoms. The van der Waals surface area contributed by atoms with Gasteiger partial charge in [-0.3, -0.25) is 4.79 Å². The van der Waals surface area contributed by atoms with Crippen molar-refractivity contribution in [2.75, 3.05) is 6.54 Å². The Labute approximate surface area is 177 Å². The molecule has 2 N–H and O–H groups in total. The zero-order valence-electron chi connectivity index (χ0n) is 15.5. The fourth-order valence-electron chi connectivity index (χ4n) is 4.36. The number of hydrogen-bond acceptors (Lipinski definition) is 3. The zero-order chi connectivity index (χ0) is 20.1. The molecule has 1 aromatic carbocycles. The molecule has 4 nitrogen and oxygen atoms in total. The second-order valence-corrected chi connectivity index (χ2v) is 8.03. The Hall–Kier alpha value is -1.83. The van der Waals surface area contributed by atoms with Crippen LogP contribution in [0.1, 0.15) is 46.1 Å². The molecule has 5 rings (SSSR count). The summed E-state index contributed by atoms with van der Waals surface area (Å²) in [7, 11) is 0. The van der Waals surface area contributed by atoms with Gasteiger partial charge in [0.2, 0.25) is 0 Å². The van der Waals surface area contributed by atoms with Crippen molar-refractivity contribution in [1.82, 2.24) is 15.6 Å². The maximum absolute atomic E-state index is 13.1. The molecule has 1 atom stereocenters. The fraction of sp³-hybridized carbons (Fsp3) is 0.400. The number of halogens is 5. The predicted octanol–water partition coefficient (Wildman–Crippen LogP) is 4.71. The Kier molecular flexibility index (Phi) is 5.87. The third kappa shape index (κ3) is 3.96. The van der Waals surface area contributed by atoms with Crippen molar-refractivity contribution in [3.63, 3.8) is 0 Å². The van der Waals surface area contributed by atoms with Crippen LogP contribution in [0, 0.1) is 12.8 Å². The number of alkyl halides is 3. The maximum atomic E-state index is 13.1. The third-order valence-corrected chi connectivity index (χ3v) is 6.04. The average Bonchev–Trinajstić information content (AvgIpc) is 3.20. The van der Waals surface area contributed by atoms with Crippen LogP contribution < -0.4 is 10.6 Å². The van der Waals surface area contributed by atoms with Gasteiger partial charge in [0.15, 0.2) is 0 Å². The van der Waals surface area contributed by atoms with Gasteiger partial charge in [-0.05, 0) is 43.9 Å². The summed E-state index contributed by atoms with van der Waals surface area (Å²) < 4.78 is 39.4. The summed E-state index contributed by atoms with van der Waals surface area (Å²) in [5.41, 5.74) is 0.172. The lowest BCUT2D eigenvalue weighted by atomic mass is 9.67. The highest BCUT2D eigenvalue weighted by atomic mass is 35.5. The molecule has 3 fully saturated rings. The first-order valence-electron chi connectivity index (χ1n) is 9.04. The van der Waals surface area contributed by atoms with Crippen molar-refractivity contribution in [3.05, 3.63) is 63.9 Å². The minimum Gasteiger partial charge on any atom is -0.342 e. The van der Waals surface area contributed by atoms with Gasteiger partial charge in [-0.1, -0.05) is 41.4 Å². The number of carbonyl (C=O) groups is 1. The lowest BCUT2D eigenvalue weighted by Crippen LogP contribution is -2.55. The number of aromatic nitrogens is 1. The molecule has 0 spiro atoms. The summed E-state index contributed by atoms with van der Waals surface area (Å²) in [5, 5.41) is 5.70. The number of hydrogen-bond donors (Lipinski definition) is 2. The summed E-state index contributed by atoms with van der Waals surface area (Å²) in [6, 6.07) is 8.14. The van der Waals surface area contributed by atoms with E-state index in [1.807, 2.05) is 31.2 Å². The van der Waals surface area contributed by atoms with Gasteiger partial charge in [-0.15, -0.1) is 12.4 Å². The number of fused-ring (bicyclic) bond motifs is 1. The van der Waals surface area contributed by atoms with E-state index in [1.165, 1.54) is 0 Å². The van der Waals surface area contributed by atoms with E-state index >= 15 is 0 Å². The summed E-state index contributed by atoms with van der Waals surface area (Å²) >= 11 is 5.89. The first-order chi connectivity index (χ1) is 13.2. The summed E-state index contributed by atoms with van der Waals surface area (Å²) in [4.78, 5) is 16.7. The average molecular weight is 446 g/mol. The van der Waals surface area contributed by atoms with E-state index in [1.54, 1.807) is 0 Å². The normalized spacial score (nSPS) is 23.7. The van der Waals surface area contributed by atoms with Crippen LogP contribution in [0.15, 0.2) is 36.5 Å². The molecule has 1 amide bonds. The molecule has 1 aromatic heterocycles. The molecule has 29 heavy (non-hydrogen) atoms. The number of aryl methyl sites for hydroxylation is 1. The van der Waals surface area contributed by atoms with Gasteiger partial charge in [0.05, 0.1) is 16.6 Å². The third-order valence-electron chi connectivity index (χ3n) is 5.66. The van der Waals surface area contributed by atoms with Gasteiger partial charge in [0.25, 0.3) is 5.91 Å². The van der Waals surface area contributed by atoms with Crippen molar-refractivity contribution in [2.24, 2.45) is 5.92 Å². The van der Waals surface area contributed by atoms with Crippen molar-refractivity contribution in [3.8, 4) is 0 Å². The highest BCUT2D eigenvalue weighted by Gasteiger charge is 2.55. The van der Waals surface area contributed by atoms with E-state index in [0.717, 1.165) is 42.8 Å². The Morgan fingerprint density at radius 3 is 2.66 bits per heavy atom. The standard InChI is InChI=1S/C20H19ClF3N3O.ClH/c1-11-3-2-4-13(7-11)17(19-8-12(9-19)10-26-19)27-18(28)16-15(21)14(5-6-25-16)20(22,23)24;/h2-7,12,17,26H,8-10H2,1H3,(H,27,28);1H. The maximum Gasteiger partial charge on any atom is 0.417 e. The molecule has 2 saturated heterocycles. The van der Waals surface area contributed by atoms with Crippen LogP contribution >= 0.6 is 24.0 Å². The summed E-state index contributed by atoms with van der Waals surface area (Å²) in [5.74, 6) is -0.145. The van der Waals surface area contributed by atoms with Crippen LogP contribution in [-0.2, 0) is 6.18 Å². The fourth-order valence-corrected chi connectivity index (χ4v) is 4.66. The van der Waals surface area contributed by atoms with Crippen molar-refractivity contribution in [1.29, 1.82) is 0 Å². The van der Waals surface area contributed by atoms with E-state index in [9.17, 15) is 18.0 Å². The van der Waals surface area contributed by atoms with Gasteiger partial charge in [-0.25, -0.2) is 4.98 Å². The summed E-state index contributed by atoms with van der Waals surface area (Å²) in [6.45, 7) is 2.83. The van der Waals surface area contributed by atoms with Crippen LogP contribution in [0.25, 0.3) is 0 Å². The Morgan fingerprint density at radius 1 is 1.34 bits per heavy atom. The molecule has 3 aliphatic rings. The van der Waals surface area contributed by atoms with Crippen LogP contribution in [0.2, 0.25) is 5.02 Å². The minimum atomic E-state index is -4.65. The number of benzene rings is 1. The molecule has 1 unspecified atom stereocenters. The van der Waals surface area contributed by atoms with Gasteiger partial charge >= 0.3 is 6.18 Å². The van der Waals surface area contributed by atoms with Crippen molar-refractivity contribution < 1.29 is 18.0 Å². The van der Waals surface area contributed by atoms with E-state index in [0.29, 0.717) is 5.92 Å². The molecule has 3 heterocycles. The van der Waals surface area contributed by atoms with Crippen molar-refractivity contribution in [2.45, 2.75) is 37.5 Å². The number of nitrogens with zero attached hydrogens (tertiary/aromatic N) is 1. The molecule has 1 aliphatic carbocycles. The molecular formula is C20H20Cl2F3N3O. The van der Waals surface area contributed by atoms with E-state index in [-0.39, 0.29) is 24.0 Å². The van der Waals surface area contributed by atoms with Crippen LogP contribution in [0.4, 0.5) is 13.2 Å². The lowest BCUT2D eigenvalue weighted by molar-refractivity contribution is -0.137. The molecule has 2 aromatic rings. The highest BCUT2D eigenvalue weighted by molar-refractivity contribution is 6.34. The van der Waals surface area contributed by atoms with Crippen LogP contribution in [0.3, 0.4) is 0 Å². The van der Waals surface area contributed by atoms with E-state index < -0.39 is 28.4 Å². The Morgan fingerprint density at radius 2 is 2.07 bits per heavy atom. The van der Waals surface area contributed by atoms with E-state index in [4.69, 9.17) is 11.6 Å². The molecule has 9 heteroatoms. The number of amides is 1. The predicted molar refractivity (Wildman–Crippen MR) is 106 cm³/mol. The van der Waals surface area contributed by atoms with Gasteiger partial charge in [0, 0.05) is 11.7 Å². The number of pyridine rings is 1. The largest absolute Gasteiger partial charge is 0.417 e. The smallest absolute Gasteiger partial charge is 0.342 e. The molecule has 1 saturated carbocycles. The van der Waals surface area contributed by atoms with Gasteiger partial charge in [-0.2, -0.15) is 13.2 Å². The first-order valence-corrected chi connectivity index (χ1v) is 9.41. The highest BCUT2D eigenvalue weighted by Crippen LogP contribution is 2.51. The minimum absolute atomic E-state index is 0. The monoisotopic (exact) mass is 445 g/mol. The molecule has 2 aliphatic heterocycles. The first kappa shape index (κ1) is 21.9. The Bertz CT molecular complexity index is 924. The van der Waals surface area contributed by atoms with Gasteiger partial charge in [0.1, 0.15) is 5.69 Å². The van der Waals surface area contributed by atoms with E-state index in [2.05, 4.69) is 15.6 Å². The molecule has 156 valence electrons. The second kappa shape index (κ2) is 7.78. The quantitative estimate of drug-likeness (QED) is 0.716. The SMILES string of the molecule is Cc1cccc(C(NC(=O)c2nccc(C(F)(F)F)c2Cl)C23CC(CN2)C3)c1.Cl. The van der Waals surface area contributed by atoms with Gasteiger partial charge < -0.3 is 10.6 Å². The number of rotatable bonds is 4. The second-order valence-electron chi connectivity index (χ2n) is 7.65.